The maximum atomic E-state index is 13.3. The van der Waals surface area contributed by atoms with Crippen LogP contribution in [0.5, 0.6) is 0 Å². The molecule has 1 saturated carbocycles. The largest absolute Gasteiger partial charge is 0.433 e. The molecule has 0 spiro atoms. The first-order chi connectivity index (χ1) is 19.2. The Morgan fingerprint density at radius 3 is 2.50 bits per heavy atom. The number of nitrogens with zero attached hydrogens (tertiary/aromatic N) is 3. The number of rotatable bonds is 5. The molecule has 10 heteroatoms. The Morgan fingerprint density at radius 2 is 1.77 bits per heavy atom. The number of nitrogens with one attached hydrogen (secondary N) is 1. The van der Waals surface area contributed by atoms with Gasteiger partial charge in [-0.25, -0.2) is 4.98 Å². The SMILES string of the molecule is O=C(C(O)c1cccc(-c2ccnc(C(F)(F)F)c2)c1)N1CCc2nc(C3(c4ccccc4)CC3)[nH]c(=O)c2C1. The van der Waals surface area contributed by atoms with E-state index in [-0.39, 0.29) is 35.2 Å². The summed E-state index contributed by atoms with van der Waals surface area (Å²) in [6.07, 6.45) is -2.92. The number of hydrogen-bond donors (Lipinski definition) is 2. The van der Waals surface area contributed by atoms with Gasteiger partial charge >= 0.3 is 6.18 Å². The molecule has 2 N–H and O–H groups in total. The number of hydrogen-bond acceptors (Lipinski definition) is 5. The van der Waals surface area contributed by atoms with Gasteiger partial charge in [-0.3, -0.25) is 14.6 Å². The van der Waals surface area contributed by atoms with Crippen LogP contribution in [-0.4, -0.2) is 37.4 Å². The second kappa shape index (κ2) is 9.71. The highest BCUT2D eigenvalue weighted by Crippen LogP contribution is 2.52. The van der Waals surface area contributed by atoms with Crippen molar-refractivity contribution in [3.05, 3.63) is 117 Å². The van der Waals surface area contributed by atoms with E-state index in [0.717, 1.165) is 30.7 Å². The maximum absolute atomic E-state index is 13.3. The third-order valence-corrected chi connectivity index (χ3v) is 7.73. The maximum Gasteiger partial charge on any atom is 0.433 e. The Morgan fingerprint density at radius 1 is 1.02 bits per heavy atom. The van der Waals surface area contributed by atoms with Crippen molar-refractivity contribution in [2.45, 2.75) is 43.5 Å². The van der Waals surface area contributed by atoms with Crippen molar-refractivity contribution in [2.75, 3.05) is 6.54 Å². The minimum Gasteiger partial charge on any atom is -0.378 e. The van der Waals surface area contributed by atoms with Crippen molar-refractivity contribution >= 4 is 5.91 Å². The summed E-state index contributed by atoms with van der Waals surface area (Å²) in [7, 11) is 0. The van der Waals surface area contributed by atoms with Gasteiger partial charge in [0, 0.05) is 19.2 Å². The molecule has 2 aromatic carbocycles. The standard InChI is InChI=1S/C30H25F3N4O3/c31-30(32,33)24-16-19(9-13-34-24)18-5-4-6-20(15-18)25(38)27(40)37-14-10-23-22(17-37)26(39)36-28(35-23)29(11-12-29)21-7-2-1-3-8-21/h1-9,13,15-16,25,38H,10-12,14,17H2,(H,35,36,39). The molecule has 6 rings (SSSR count). The Kier molecular flexibility index (Phi) is 6.29. The van der Waals surface area contributed by atoms with E-state index in [1.165, 1.54) is 23.1 Å². The molecular formula is C30H25F3N4O3. The molecule has 0 bridgehead atoms. The van der Waals surface area contributed by atoms with Crippen LogP contribution in [-0.2, 0) is 29.4 Å². The molecule has 0 saturated heterocycles. The van der Waals surface area contributed by atoms with Gasteiger partial charge in [-0.2, -0.15) is 13.2 Å². The van der Waals surface area contributed by atoms with E-state index in [0.29, 0.717) is 29.1 Å². The molecule has 204 valence electrons. The number of fused-ring (bicyclic) bond motifs is 1. The number of aliphatic hydroxyl groups excluding tert-OH is 1. The van der Waals surface area contributed by atoms with E-state index in [2.05, 4.69) is 9.97 Å². The average Bonchev–Trinajstić information content (AvgIpc) is 3.79. The van der Waals surface area contributed by atoms with E-state index >= 15 is 0 Å². The highest BCUT2D eigenvalue weighted by atomic mass is 19.4. The van der Waals surface area contributed by atoms with Crippen LogP contribution >= 0.6 is 0 Å². The fourth-order valence-electron chi connectivity index (χ4n) is 5.35. The molecule has 4 aromatic rings. The number of pyridine rings is 1. The van der Waals surface area contributed by atoms with Gasteiger partial charge in [0.2, 0.25) is 0 Å². The van der Waals surface area contributed by atoms with E-state index in [9.17, 15) is 27.9 Å². The van der Waals surface area contributed by atoms with Gasteiger partial charge in [0.05, 0.1) is 23.2 Å². The number of H-pyrrole nitrogens is 1. The summed E-state index contributed by atoms with van der Waals surface area (Å²) in [5, 5.41) is 10.9. The van der Waals surface area contributed by atoms with Crippen LogP contribution in [0.1, 0.15) is 52.8 Å². The van der Waals surface area contributed by atoms with Gasteiger partial charge in [-0.1, -0.05) is 48.5 Å². The number of aromatic amines is 1. The molecule has 1 amide bonds. The Balaban J connectivity index is 1.22. The van der Waals surface area contributed by atoms with Crippen molar-refractivity contribution in [2.24, 2.45) is 0 Å². The molecule has 1 fully saturated rings. The van der Waals surface area contributed by atoms with Crippen LogP contribution in [0.25, 0.3) is 11.1 Å². The lowest BCUT2D eigenvalue weighted by atomic mass is 9.94. The summed E-state index contributed by atoms with van der Waals surface area (Å²) in [6.45, 7) is 0.279. The number of aromatic nitrogens is 3. The normalized spacial score (nSPS) is 16.8. The zero-order chi connectivity index (χ0) is 28.1. The minimum absolute atomic E-state index is 0.00512. The molecule has 1 atom stereocenters. The summed E-state index contributed by atoms with van der Waals surface area (Å²) < 4.78 is 39.3. The van der Waals surface area contributed by atoms with Gasteiger partial charge in [0.1, 0.15) is 11.5 Å². The van der Waals surface area contributed by atoms with Crippen LogP contribution in [0.2, 0.25) is 0 Å². The Bertz CT molecular complexity index is 1650. The molecule has 0 radical (unpaired) electrons. The van der Waals surface area contributed by atoms with Crippen LogP contribution in [0.4, 0.5) is 13.2 Å². The first-order valence-corrected chi connectivity index (χ1v) is 12.9. The number of carbonyl (C=O) groups is 1. The monoisotopic (exact) mass is 546 g/mol. The lowest BCUT2D eigenvalue weighted by molar-refractivity contribution is -0.142. The van der Waals surface area contributed by atoms with E-state index in [1.54, 1.807) is 12.1 Å². The van der Waals surface area contributed by atoms with Gasteiger partial charge < -0.3 is 15.0 Å². The third kappa shape index (κ3) is 4.68. The van der Waals surface area contributed by atoms with Gasteiger partial charge in [0.25, 0.3) is 11.5 Å². The molecule has 2 aliphatic rings. The molecule has 2 aromatic heterocycles. The second-order valence-electron chi connectivity index (χ2n) is 10.3. The first kappa shape index (κ1) is 25.9. The molecular weight excluding hydrogens is 521 g/mol. The quantitative estimate of drug-likeness (QED) is 0.383. The minimum atomic E-state index is -4.60. The van der Waals surface area contributed by atoms with Crippen molar-refractivity contribution in [3.8, 4) is 11.1 Å². The number of benzene rings is 2. The number of carbonyl (C=O) groups excluding carboxylic acids is 1. The van der Waals surface area contributed by atoms with Crippen molar-refractivity contribution in [1.29, 1.82) is 0 Å². The lowest BCUT2D eigenvalue weighted by Crippen LogP contribution is -2.42. The average molecular weight is 547 g/mol. The lowest BCUT2D eigenvalue weighted by Gasteiger charge is -2.30. The zero-order valence-electron chi connectivity index (χ0n) is 21.3. The topological polar surface area (TPSA) is 99.2 Å². The molecule has 1 unspecified atom stereocenters. The number of aliphatic hydroxyl groups is 1. The fraction of sp³-hybridized carbons (Fsp3) is 0.267. The van der Waals surface area contributed by atoms with Crippen molar-refractivity contribution in [3.63, 3.8) is 0 Å². The summed E-state index contributed by atoms with van der Waals surface area (Å²) >= 11 is 0. The van der Waals surface area contributed by atoms with E-state index < -0.39 is 23.9 Å². The highest BCUT2D eigenvalue weighted by Gasteiger charge is 2.48. The first-order valence-electron chi connectivity index (χ1n) is 12.9. The van der Waals surface area contributed by atoms with Crippen molar-refractivity contribution in [1.82, 2.24) is 19.9 Å². The third-order valence-electron chi connectivity index (χ3n) is 7.73. The predicted molar refractivity (Wildman–Crippen MR) is 140 cm³/mol. The molecule has 7 nitrogen and oxygen atoms in total. The molecule has 3 heterocycles. The molecule has 40 heavy (non-hydrogen) atoms. The predicted octanol–water partition coefficient (Wildman–Crippen LogP) is 4.55. The van der Waals surface area contributed by atoms with Gasteiger partial charge in [-0.05, 0) is 53.3 Å². The number of alkyl halides is 3. The van der Waals surface area contributed by atoms with Gasteiger partial charge in [-0.15, -0.1) is 0 Å². The van der Waals surface area contributed by atoms with Crippen LogP contribution in [0.3, 0.4) is 0 Å². The van der Waals surface area contributed by atoms with Gasteiger partial charge in [0.15, 0.2) is 6.10 Å². The Labute approximate surface area is 227 Å². The fourth-order valence-corrected chi connectivity index (χ4v) is 5.35. The Hall–Kier alpha value is -4.31. The van der Waals surface area contributed by atoms with E-state index in [4.69, 9.17) is 4.98 Å². The smallest absolute Gasteiger partial charge is 0.378 e. The summed E-state index contributed by atoms with van der Waals surface area (Å²) in [4.78, 5) is 38.9. The number of halogens is 3. The van der Waals surface area contributed by atoms with E-state index in [1.807, 2.05) is 30.3 Å². The summed E-state index contributed by atoms with van der Waals surface area (Å²) in [5.41, 5.74) is 1.43. The summed E-state index contributed by atoms with van der Waals surface area (Å²) in [5.74, 6) is 0.0452. The highest BCUT2D eigenvalue weighted by molar-refractivity contribution is 5.83. The van der Waals surface area contributed by atoms with Crippen LogP contribution in [0, 0.1) is 0 Å². The van der Waals surface area contributed by atoms with Crippen molar-refractivity contribution < 1.29 is 23.1 Å². The van der Waals surface area contributed by atoms with Crippen LogP contribution in [0.15, 0.2) is 77.7 Å². The molecule has 1 aliphatic heterocycles. The zero-order valence-corrected chi connectivity index (χ0v) is 21.3. The second-order valence-corrected chi connectivity index (χ2v) is 10.3. The molecule has 1 aliphatic carbocycles. The van der Waals surface area contributed by atoms with Crippen LogP contribution < -0.4 is 5.56 Å². The number of amides is 1. The summed E-state index contributed by atoms with van der Waals surface area (Å²) in [6, 6.07) is 18.5.